The third-order valence-corrected chi connectivity index (χ3v) is 4.75. The zero-order chi connectivity index (χ0) is 13.9. The monoisotopic (exact) mass is 302 g/mol. The number of nitrogens with zero attached hydrogens (tertiary/aromatic N) is 1. The molecule has 0 aliphatic carbocycles. The summed E-state index contributed by atoms with van der Waals surface area (Å²) in [6.07, 6.45) is 1.84. The summed E-state index contributed by atoms with van der Waals surface area (Å²) in [6, 6.07) is 14.7. The van der Waals surface area contributed by atoms with Crippen LogP contribution < -0.4 is 5.32 Å². The quantitative estimate of drug-likeness (QED) is 0.749. The van der Waals surface area contributed by atoms with Gasteiger partial charge < -0.3 is 5.32 Å². The Labute approximate surface area is 127 Å². The molecule has 0 fully saturated rings. The fourth-order valence-electron chi connectivity index (χ4n) is 2.23. The van der Waals surface area contributed by atoms with E-state index in [0.717, 1.165) is 16.4 Å². The fourth-order valence-corrected chi connectivity index (χ4v) is 3.32. The van der Waals surface area contributed by atoms with Crippen LogP contribution in [0.15, 0.2) is 48.7 Å². The second kappa shape index (κ2) is 5.92. The van der Waals surface area contributed by atoms with Crippen LogP contribution in [0.25, 0.3) is 10.9 Å². The van der Waals surface area contributed by atoms with Crippen LogP contribution in [0.1, 0.15) is 23.4 Å². The van der Waals surface area contributed by atoms with Gasteiger partial charge in [0.1, 0.15) is 0 Å². The first-order chi connectivity index (χ1) is 9.74. The van der Waals surface area contributed by atoms with Crippen molar-refractivity contribution >= 4 is 33.8 Å². The number of halogens is 1. The Bertz CT molecular complexity index is 718. The van der Waals surface area contributed by atoms with Gasteiger partial charge in [-0.15, -0.1) is 11.3 Å². The molecule has 1 unspecified atom stereocenters. The molecule has 0 radical (unpaired) electrons. The lowest BCUT2D eigenvalue weighted by Crippen LogP contribution is -2.17. The molecule has 0 aliphatic heterocycles. The van der Waals surface area contributed by atoms with E-state index in [1.165, 1.54) is 15.8 Å². The van der Waals surface area contributed by atoms with E-state index in [4.69, 9.17) is 11.6 Å². The third-order valence-electron chi connectivity index (χ3n) is 3.34. The van der Waals surface area contributed by atoms with E-state index in [0.29, 0.717) is 0 Å². The highest BCUT2D eigenvalue weighted by Gasteiger charge is 2.09. The minimum atomic E-state index is 0.284. The van der Waals surface area contributed by atoms with Crippen molar-refractivity contribution in [3.63, 3.8) is 0 Å². The van der Waals surface area contributed by atoms with Gasteiger partial charge in [-0.25, -0.2) is 0 Å². The number of thiophene rings is 1. The molecule has 0 saturated carbocycles. The summed E-state index contributed by atoms with van der Waals surface area (Å²) in [7, 11) is 0. The molecule has 3 aromatic rings. The van der Waals surface area contributed by atoms with E-state index in [2.05, 4.69) is 47.6 Å². The largest absolute Gasteiger partial charge is 0.305 e. The van der Waals surface area contributed by atoms with Crippen molar-refractivity contribution in [3.05, 3.63) is 63.4 Å². The smallest absolute Gasteiger partial charge is 0.0931 e. The average molecular weight is 303 g/mol. The zero-order valence-electron chi connectivity index (χ0n) is 11.1. The van der Waals surface area contributed by atoms with E-state index >= 15 is 0 Å². The number of para-hydroxylation sites is 1. The molecule has 3 rings (SSSR count). The molecule has 0 bridgehead atoms. The number of hydrogen-bond donors (Lipinski definition) is 1. The number of aromatic nitrogens is 1. The SMILES string of the molecule is CC(NCc1cccc2cccnc12)c1ccc(Cl)s1. The Kier molecular flexibility index (Phi) is 4.01. The highest BCUT2D eigenvalue weighted by molar-refractivity contribution is 7.16. The maximum atomic E-state index is 5.98. The van der Waals surface area contributed by atoms with Gasteiger partial charge in [-0.1, -0.05) is 35.9 Å². The maximum absolute atomic E-state index is 5.98. The summed E-state index contributed by atoms with van der Waals surface area (Å²) in [5.41, 5.74) is 2.29. The molecule has 1 N–H and O–H groups in total. The van der Waals surface area contributed by atoms with E-state index in [1.807, 2.05) is 18.3 Å². The van der Waals surface area contributed by atoms with Crippen molar-refractivity contribution in [1.82, 2.24) is 10.3 Å². The Morgan fingerprint density at radius 1 is 1.20 bits per heavy atom. The first-order valence-corrected chi connectivity index (χ1v) is 7.75. The molecule has 0 amide bonds. The number of rotatable bonds is 4. The van der Waals surface area contributed by atoms with Crippen molar-refractivity contribution in [3.8, 4) is 0 Å². The number of nitrogens with one attached hydrogen (secondary N) is 1. The Morgan fingerprint density at radius 2 is 2.05 bits per heavy atom. The number of pyridine rings is 1. The molecule has 1 aromatic carbocycles. The van der Waals surface area contributed by atoms with Crippen molar-refractivity contribution in [2.75, 3.05) is 0 Å². The van der Waals surface area contributed by atoms with Crippen molar-refractivity contribution in [1.29, 1.82) is 0 Å². The lowest BCUT2D eigenvalue weighted by Gasteiger charge is -2.13. The van der Waals surface area contributed by atoms with Crippen LogP contribution in [0, 0.1) is 0 Å². The van der Waals surface area contributed by atoms with Gasteiger partial charge in [-0.3, -0.25) is 4.98 Å². The van der Waals surface area contributed by atoms with E-state index < -0.39 is 0 Å². The van der Waals surface area contributed by atoms with Crippen LogP contribution in [0.4, 0.5) is 0 Å². The third kappa shape index (κ3) is 2.85. The predicted molar refractivity (Wildman–Crippen MR) is 86.3 cm³/mol. The summed E-state index contributed by atoms with van der Waals surface area (Å²) >= 11 is 7.60. The van der Waals surface area contributed by atoms with Gasteiger partial charge in [-0.2, -0.15) is 0 Å². The Balaban J connectivity index is 1.77. The van der Waals surface area contributed by atoms with E-state index in [-0.39, 0.29) is 6.04 Å². The van der Waals surface area contributed by atoms with Crippen LogP contribution in [0.2, 0.25) is 4.34 Å². The Morgan fingerprint density at radius 3 is 2.85 bits per heavy atom. The predicted octanol–water partition coefficient (Wildman–Crippen LogP) is 4.80. The highest BCUT2D eigenvalue weighted by atomic mass is 35.5. The number of fused-ring (bicyclic) bond motifs is 1. The molecule has 0 aliphatic rings. The van der Waals surface area contributed by atoms with E-state index in [9.17, 15) is 0 Å². The second-order valence-corrected chi connectivity index (χ2v) is 6.48. The average Bonchev–Trinajstić information content (AvgIpc) is 2.91. The van der Waals surface area contributed by atoms with Crippen molar-refractivity contribution < 1.29 is 0 Å². The normalized spacial score (nSPS) is 12.7. The van der Waals surface area contributed by atoms with Crippen LogP contribution in [0.5, 0.6) is 0 Å². The summed E-state index contributed by atoms with van der Waals surface area (Å²) in [4.78, 5) is 5.73. The van der Waals surface area contributed by atoms with Gasteiger partial charge in [0.25, 0.3) is 0 Å². The molecule has 0 saturated heterocycles. The number of hydrogen-bond acceptors (Lipinski definition) is 3. The summed E-state index contributed by atoms with van der Waals surface area (Å²) < 4.78 is 0.834. The van der Waals surface area contributed by atoms with Gasteiger partial charge in [0.05, 0.1) is 9.85 Å². The molecule has 102 valence electrons. The molecule has 2 heterocycles. The Hall–Kier alpha value is -1.42. The summed E-state index contributed by atoms with van der Waals surface area (Å²) in [5.74, 6) is 0. The highest BCUT2D eigenvalue weighted by Crippen LogP contribution is 2.27. The summed E-state index contributed by atoms with van der Waals surface area (Å²) in [6.45, 7) is 2.95. The van der Waals surface area contributed by atoms with Gasteiger partial charge in [0.2, 0.25) is 0 Å². The van der Waals surface area contributed by atoms with Gasteiger partial charge in [0, 0.05) is 29.0 Å². The number of benzene rings is 1. The van der Waals surface area contributed by atoms with Gasteiger partial charge in [-0.05, 0) is 30.7 Å². The first kappa shape index (κ1) is 13.6. The fraction of sp³-hybridized carbons (Fsp3) is 0.188. The second-order valence-electron chi connectivity index (χ2n) is 4.74. The van der Waals surface area contributed by atoms with Crippen molar-refractivity contribution in [2.24, 2.45) is 0 Å². The molecule has 2 aromatic heterocycles. The molecule has 0 spiro atoms. The molecule has 1 atom stereocenters. The minimum Gasteiger partial charge on any atom is -0.305 e. The molecule has 20 heavy (non-hydrogen) atoms. The van der Waals surface area contributed by atoms with Gasteiger partial charge in [0.15, 0.2) is 0 Å². The van der Waals surface area contributed by atoms with E-state index in [1.54, 1.807) is 11.3 Å². The minimum absolute atomic E-state index is 0.284. The molecular formula is C16H15ClN2S. The molecule has 2 nitrogen and oxygen atoms in total. The topological polar surface area (TPSA) is 24.9 Å². The van der Waals surface area contributed by atoms with Crippen LogP contribution in [-0.2, 0) is 6.54 Å². The van der Waals surface area contributed by atoms with Crippen LogP contribution >= 0.6 is 22.9 Å². The zero-order valence-corrected chi connectivity index (χ0v) is 12.7. The van der Waals surface area contributed by atoms with Crippen LogP contribution in [-0.4, -0.2) is 4.98 Å². The maximum Gasteiger partial charge on any atom is 0.0931 e. The summed E-state index contributed by atoms with van der Waals surface area (Å²) in [5, 5.41) is 4.71. The first-order valence-electron chi connectivity index (χ1n) is 6.55. The van der Waals surface area contributed by atoms with Crippen LogP contribution in [0.3, 0.4) is 0 Å². The lowest BCUT2D eigenvalue weighted by molar-refractivity contribution is 0.584. The molecule has 4 heteroatoms. The lowest BCUT2D eigenvalue weighted by atomic mass is 10.1. The van der Waals surface area contributed by atoms with Gasteiger partial charge >= 0.3 is 0 Å². The van der Waals surface area contributed by atoms with Crippen molar-refractivity contribution in [2.45, 2.75) is 19.5 Å². The standard InChI is InChI=1S/C16H15ClN2S/c1-11(14-7-8-15(17)20-14)19-10-13-5-2-4-12-6-3-9-18-16(12)13/h2-9,11,19H,10H2,1H3. The molecular weight excluding hydrogens is 288 g/mol.